The highest BCUT2D eigenvalue weighted by atomic mass is 32.2. The molecular formula is C22H26N2O5S. The average molecular weight is 431 g/mol. The maximum absolute atomic E-state index is 12.7. The van der Waals surface area contributed by atoms with Crippen LogP contribution < -0.4 is 5.32 Å². The van der Waals surface area contributed by atoms with Crippen molar-refractivity contribution >= 4 is 27.6 Å². The van der Waals surface area contributed by atoms with Crippen LogP contribution in [0.25, 0.3) is 0 Å². The van der Waals surface area contributed by atoms with Crippen molar-refractivity contribution in [3.8, 4) is 0 Å². The standard InChI is InChI=1S/C22H26N2O5S/c1-16-5-3-6-17(13-16)15-30(27,28)24-11-9-18(10-12-24)21(25)23-20-8-4-7-19(14-20)22(26)29-2/h3-8,13-14,18H,9-12,15H2,1-2H3,(H,23,25). The van der Waals surface area contributed by atoms with Crippen LogP contribution in [0.5, 0.6) is 0 Å². The maximum Gasteiger partial charge on any atom is 0.337 e. The number of anilines is 1. The van der Waals surface area contributed by atoms with Crippen molar-refractivity contribution in [1.29, 1.82) is 0 Å². The molecule has 1 aliphatic rings. The molecule has 0 unspecified atom stereocenters. The molecule has 1 heterocycles. The average Bonchev–Trinajstić information content (AvgIpc) is 2.73. The zero-order valence-electron chi connectivity index (χ0n) is 17.1. The van der Waals surface area contributed by atoms with Crippen LogP contribution in [0.4, 0.5) is 5.69 Å². The first-order valence-corrected chi connectivity index (χ1v) is 11.4. The van der Waals surface area contributed by atoms with Gasteiger partial charge in [-0.3, -0.25) is 4.79 Å². The molecule has 0 aromatic heterocycles. The zero-order chi connectivity index (χ0) is 21.7. The second-order valence-electron chi connectivity index (χ2n) is 7.48. The molecule has 1 aliphatic heterocycles. The minimum atomic E-state index is -3.43. The van der Waals surface area contributed by atoms with Gasteiger partial charge in [-0.05, 0) is 43.5 Å². The molecule has 0 spiro atoms. The van der Waals surface area contributed by atoms with Crippen molar-refractivity contribution in [3.63, 3.8) is 0 Å². The number of methoxy groups -OCH3 is 1. The summed E-state index contributed by atoms with van der Waals surface area (Å²) in [5.74, 6) is -0.963. The van der Waals surface area contributed by atoms with Crippen molar-refractivity contribution in [1.82, 2.24) is 4.31 Å². The first-order chi connectivity index (χ1) is 14.3. The van der Waals surface area contributed by atoms with Gasteiger partial charge in [-0.15, -0.1) is 0 Å². The number of esters is 1. The van der Waals surface area contributed by atoms with Crippen LogP contribution >= 0.6 is 0 Å². The minimum absolute atomic E-state index is 0.0358. The van der Waals surface area contributed by atoms with Crippen LogP contribution in [0.15, 0.2) is 48.5 Å². The third kappa shape index (κ3) is 5.46. The number of carbonyl (C=O) groups is 2. The van der Waals surface area contributed by atoms with E-state index in [1.807, 2.05) is 31.2 Å². The van der Waals surface area contributed by atoms with Gasteiger partial charge >= 0.3 is 5.97 Å². The quantitative estimate of drug-likeness (QED) is 0.712. The molecule has 1 saturated heterocycles. The molecule has 30 heavy (non-hydrogen) atoms. The predicted octanol–water partition coefficient (Wildman–Crippen LogP) is 2.96. The number of nitrogens with zero attached hydrogens (tertiary/aromatic N) is 1. The first-order valence-electron chi connectivity index (χ1n) is 9.81. The Labute approximate surface area is 177 Å². The van der Waals surface area contributed by atoms with Crippen LogP contribution in [0.2, 0.25) is 0 Å². The number of hydrogen-bond acceptors (Lipinski definition) is 5. The molecule has 2 aromatic carbocycles. The van der Waals surface area contributed by atoms with Crippen molar-refractivity contribution in [2.24, 2.45) is 5.92 Å². The highest BCUT2D eigenvalue weighted by Crippen LogP contribution is 2.23. The van der Waals surface area contributed by atoms with E-state index in [-0.39, 0.29) is 17.6 Å². The van der Waals surface area contributed by atoms with E-state index in [0.717, 1.165) is 11.1 Å². The van der Waals surface area contributed by atoms with Gasteiger partial charge in [0.1, 0.15) is 0 Å². The third-order valence-electron chi connectivity index (χ3n) is 5.20. The number of hydrogen-bond donors (Lipinski definition) is 1. The summed E-state index contributed by atoms with van der Waals surface area (Å²) in [6.07, 6.45) is 0.908. The molecule has 1 N–H and O–H groups in total. The fourth-order valence-corrected chi connectivity index (χ4v) is 5.14. The van der Waals surface area contributed by atoms with Crippen LogP contribution in [0.1, 0.15) is 34.3 Å². The van der Waals surface area contributed by atoms with E-state index in [1.165, 1.54) is 11.4 Å². The molecule has 0 bridgehead atoms. The highest BCUT2D eigenvalue weighted by Gasteiger charge is 2.31. The number of aryl methyl sites for hydroxylation is 1. The van der Waals surface area contributed by atoms with Crippen molar-refractivity contribution in [3.05, 3.63) is 65.2 Å². The number of sulfonamides is 1. The molecular weight excluding hydrogens is 404 g/mol. The summed E-state index contributed by atoms with van der Waals surface area (Å²) in [4.78, 5) is 24.2. The van der Waals surface area contributed by atoms with Crippen LogP contribution in [0, 0.1) is 12.8 Å². The molecule has 0 saturated carbocycles. The van der Waals surface area contributed by atoms with Gasteiger partial charge in [0, 0.05) is 24.7 Å². The monoisotopic (exact) mass is 430 g/mol. The van der Waals surface area contributed by atoms with Gasteiger partial charge in [-0.1, -0.05) is 35.9 Å². The topological polar surface area (TPSA) is 92.8 Å². The molecule has 0 aliphatic carbocycles. The van der Waals surface area contributed by atoms with Gasteiger partial charge in [-0.25, -0.2) is 17.5 Å². The van der Waals surface area contributed by atoms with Gasteiger partial charge in [0.25, 0.3) is 0 Å². The SMILES string of the molecule is COC(=O)c1cccc(NC(=O)C2CCN(S(=O)(=O)Cc3cccc(C)c3)CC2)c1. The summed E-state index contributed by atoms with van der Waals surface area (Å²) >= 11 is 0. The molecule has 8 heteroatoms. The second-order valence-corrected chi connectivity index (χ2v) is 9.45. The Kier molecular flexibility index (Phi) is 6.89. The van der Waals surface area contributed by atoms with E-state index in [4.69, 9.17) is 4.74 Å². The maximum atomic E-state index is 12.7. The number of nitrogens with one attached hydrogen (secondary N) is 1. The normalized spacial score (nSPS) is 15.5. The number of amides is 1. The van der Waals surface area contributed by atoms with Crippen LogP contribution in [0.3, 0.4) is 0 Å². The Hall–Kier alpha value is -2.71. The molecule has 2 aromatic rings. The lowest BCUT2D eigenvalue weighted by Gasteiger charge is -2.30. The fraction of sp³-hybridized carbons (Fsp3) is 0.364. The van der Waals surface area contributed by atoms with E-state index in [0.29, 0.717) is 37.2 Å². The molecule has 1 fully saturated rings. The summed E-state index contributed by atoms with van der Waals surface area (Å²) < 4.78 is 31.7. The Morgan fingerprint density at radius 3 is 2.47 bits per heavy atom. The van der Waals surface area contributed by atoms with Crippen LogP contribution in [-0.4, -0.2) is 44.8 Å². The van der Waals surface area contributed by atoms with Crippen molar-refractivity contribution in [2.75, 3.05) is 25.5 Å². The van der Waals surface area contributed by atoms with E-state index < -0.39 is 16.0 Å². The Morgan fingerprint density at radius 2 is 1.80 bits per heavy atom. The zero-order valence-corrected chi connectivity index (χ0v) is 17.9. The highest BCUT2D eigenvalue weighted by molar-refractivity contribution is 7.88. The molecule has 1 amide bonds. The van der Waals surface area contributed by atoms with E-state index in [1.54, 1.807) is 24.3 Å². The van der Waals surface area contributed by atoms with E-state index in [9.17, 15) is 18.0 Å². The van der Waals surface area contributed by atoms with Crippen molar-refractivity contribution in [2.45, 2.75) is 25.5 Å². The molecule has 160 valence electrons. The number of rotatable bonds is 6. The first kappa shape index (κ1) is 22.0. The number of carbonyl (C=O) groups excluding carboxylic acids is 2. The summed E-state index contributed by atoms with van der Waals surface area (Å²) in [6.45, 7) is 2.56. The lowest BCUT2D eigenvalue weighted by Crippen LogP contribution is -2.41. The lowest BCUT2D eigenvalue weighted by atomic mass is 9.97. The Morgan fingerprint density at radius 1 is 1.10 bits per heavy atom. The molecule has 7 nitrogen and oxygen atoms in total. The fourth-order valence-electron chi connectivity index (χ4n) is 3.59. The Balaban J connectivity index is 1.57. The second kappa shape index (κ2) is 9.40. The predicted molar refractivity (Wildman–Crippen MR) is 115 cm³/mol. The van der Waals surface area contributed by atoms with E-state index >= 15 is 0 Å². The van der Waals surface area contributed by atoms with Gasteiger partial charge in [0.05, 0.1) is 18.4 Å². The summed E-state index contributed by atoms with van der Waals surface area (Å²) in [5.41, 5.74) is 2.65. The molecule has 0 radical (unpaired) electrons. The Bertz CT molecular complexity index is 1030. The van der Waals surface area contributed by atoms with Gasteiger partial charge in [0.2, 0.25) is 15.9 Å². The smallest absolute Gasteiger partial charge is 0.337 e. The molecule has 0 atom stereocenters. The van der Waals surface area contributed by atoms with E-state index in [2.05, 4.69) is 5.32 Å². The van der Waals surface area contributed by atoms with Gasteiger partial charge in [0.15, 0.2) is 0 Å². The largest absolute Gasteiger partial charge is 0.465 e. The molecule has 3 rings (SSSR count). The summed E-state index contributed by atoms with van der Waals surface area (Å²) in [7, 11) is -2.13. The van der Waals surface area contributed by atoms with Crippen molar-refractivity contribution < 1.29 is 22.7 Å². The van der Waals surface area contributed by atoms with Gasteiger partial charge in [-0.2, -0.15) is 0 Å². The van der Waals surface area contributed by atoms with Crippen LogP contribution in [-0.2, 0) is 25.3 Å². The minimum Gasteiger partial charge on any atom is -0.465 e. The summed E-state index contributed by atoms with van der Waals surface area (Å²) in [6, 6.07) is 14.0. The number of ether oxygens (including phenoxy) is 1. The lowest BCUT2D eigenvalue weighted by molar-refractivity contribution is -0.120. The third-order valence-corrected chi connectivity index (χ3v) is 7.05. The summed E-state index contributed by atoms with van der Waals surface area (Å²) in [5, 5.41) is 2.82. The van der Waals surface area contributed by atoms with Gasteiger partial charge < -0.3 is 10.1 Å². The number of benzene rings is 2. The number of piperidine rings is 1.